The van der Waals surface area contributed by atoms with Gasteiger partial charge in [0, 0.05) is 19.3 Å². The van der Waals surface area contributed by atoms with Gasteiger partial charge in [0.2, 0.25) is 0 Å². The predicted octanol–water partition coefficient (Wildman–Crippen LogP) is 4.93. The van der Waals surface area contributed by atoms with Gasteiger partial charge >= 0.3 is 0 Å². The van der Waals surface area contributed by atoms with Gasteiger partial charge in [-0.3, -0.25) is 0 Å². The molecule has 2 heterocycles. The van der Waals surface area contributed by atoms with E-state index in [0.29, 0.717) is 19.4 Å². The van der Waals surface area contributed by atoms with Gasteiger partial charge in [-0.15, -0.1) is 0 Å². The van der Waals surface area contributed by atoms with E-state index in [1.165, 1.54) is 22.3 Å². The fourth-order valence-electron chi connectivity index (χ4n) is 5.10. The van der Waals surface area contributed by atoms with Crippen molar-refractivity contribution in [2.24, 2.45) is 0 Å². The summed E-state index contributed by atoms with van der Waals surface area (Å²) in [4.78, 5) is 0. The van der Waals surface area contributed by atoms with Crippen molar-refractivity contribution < 1.29 is 24.4 Å². The molecule has 0 saturated carbocycles. The van der Waals surface area contributed by atoms with E-state index in [2.05, 4.69) is 50.2 Å². The molecule has 0 bridgehead atoms. The Bertz CT molecular complexity index is 1130. The van der Waals surface area contributed by atoms with Gasteiger partial charge in [-0.1, -0.05) is 48.5 Å². The topological polar surface area (TPSA) is 68.2 Å². The Morgan fingerprint density at radius 2 is 1.83 bits per heavy atom. The molecule has 4 atom stereocenters. The maximum atomic E-state index is 10.2. The van der Waals surface area contributed by atoms with Crippen molar-refractivity contribution in [3.8, 4) is 11.5 Å². The lowest BCUT2D eigenvalue weighted by molar-refractivity contribution is -0.113. The van der Waals surface area contributed by atoms with Crippen molar-refractivity contribution >= 4 is 0 Å². The van der Waals surface area contributed by atoms with Gasteiger partial charge in [-0.25, -0.2) is 0 Å². The molecule has 0 aliphatic carbocycles. The predicted molar refractivity (Wildman–Crippen MR) is 135 cm³/mol. The molecule has 0 radical (unpaired) electrons. The molecule has 1 unspecified atom stereocenters. The van der Waals surface area contributed by atoms with Crippen molar-refractivity contribution in [2.75, 3.05) is 13.2 Å². The molecule has 0 spiro atoms. The second-order valence-corrected chi connectivity index (χ2v) is 10.2. The fourth-order valence-corrected chi connectivity index (χ4v) is 5.10. The number of para-hydroxylation sites is 1. The number of hydrogen-bond donors (Lipinski definition) is 2. The van der Waals surface area contributed by atoms with Gasteiger partial charge in [-0.05, 0) is 66.3 Å². The van der Waals surface area contributed by atoms with Crippen LogP contribution in [0.2, 0.25) is 0 Å². The summed E-state index contributed by atoms with van der Waals surface area (Å²) in [7, 11) is 0. The molecule has 2 N–H and O–H groups in total. The summed E-state index contributed by atoms with van der Waals surface area (Å²) in [6.45, 7) is 4.63. The Balaban J connectivity index is 1.22. The first-order valence-corrected chi connectivity index (χ1v) is 12.4. The lowest BCUT2D eigenvalue weighted by atomic mass is 9.92. The van der Waals surface area contributed by atoms with Crippen molar-refractivity contribution in [3.63, 3.8) is 0 Å². The van der Waals surface area contributed by atoms with Crippen LogP contribution in [-0.2, 0) is 17.6 Å². The van der Waals surface area contributed by atoms with Crippen LogP contribution >= 0.6 is 0 Å². The zero-order valence-corrected chi connectivity index (χ0v) is 20.4. The van der Waals surface area contributed by atoms with Crippen molar-refractivity contribution in [2.45, 2.75) is 63.4 Å². The van der Waals surface area contributed by atoms with E-state index in [-0.39, 0.29) is 24.4 Å². The second kappa shape index (κ2) is 10.0. The van der Waals surface area contributed by atoms with E-state index < -0.39 is 6.10 Å². The maximum absolute atomic E-state index is 10.2. The lowest BCUT2D eigenvalue weighted by Gasteiger charge is -2.32. The maximum Gasteiger partial charge on any atom is 0.144 e. The smallest absolute Gasteiger partial charge is 0.144 e. The number of aliphatic hydroxyl groups excluding tert-OH is 2. The van der Waals surface area contributed by atoms with E-state index in [0.717, 1.165) is 29.9 Å². The average molecular weight is 475 g/mol. The number of rotatable bonds is 7. The Labute approximate surface area is 207 Å². The molecule has 35 heavy (non-hydrogen) atoms. The third kappa shape index (κ3) is 5.53. The Hall–Kier alpha value is -2.86. The second-order valence-electron chi connectivity index (χ2n) is 10.2. The lowest BCUT2D eigenvalue weighted by Crippen LogP contribution is -2.37. The summed E-state index contributed by atoms with van der Waals surface area (Å²) in [5.41, 5.74) is 5.57. The van der Waals surface area contributed by atoms with Crippen LogP contribution in [0.3, 0.4) is 0 Å². The number of fused-ring (bicyclic) bond motifs is 1. The van der Waals surface area contributed by atoms with Crippen molar-refractivity contribution in [1.82, 2.24) is 0 Å². The molecule has 184 valence electrons. The minimum absolute atomic E-state index is 0.0705. The van der Waals surface area contributed by atoms with Gasteiger partial charge in [0.25, 0.3) is 0 Å². The van der Waals surface area contributed by atoms with Crippen LogP contribution in [0.5, 0.6) is 11.5 Å². The molecule has 3 aromatic rings. The summed E-state index contributed by atoms with van der Waals surface area (Å²) in [5.74, 6) is 1.78. The van der Waals surface area contributed by atoms with Crippen LogP contribution in [0.4, 0.5) is 0 Å². The van der Waals surface area contributed by atoms with Gasteiger partial charge < -0.3 is 24.4 Å². The van der Waals surface area contributed by atoms with Crippen molar-refractivity contribution in [1.29, 1.82) is 0 Å². The zero-order valence-electron chi connectivity index (χ0n) is 20.4. The highest BCUT2D eigenvalue weighted by Crippen LogP contribution is 2.35. The molecule has 3 aromatic carbocycles. The monoisotopic (exact) mass is 474 g/mol. The first kappa shape index (κ1) is 23.9. The Kier molecular flexibility index (Phi) is 6.83. The van der Waals surface area contributed by atoms with E-state index in [9.17, 15) is 10.2 Å². The summed E-state index contributed by atoms with van der Waals surface area (Å²) < 4.78 is 18.3. The van der Waals surface area contributed by atoms with Crippen LogP contribution in [0, 0.1) is 6.92 Å². The first-order valence-electron chi connectivity index (χ1n) is 12.4. The van der Waals surface area contributed by atoms with Gasteiger partial charge in [0.1, 0.15) is 23.7 Å². The van der Waals surface area contributed by atoms with Crippen LogP contribution < -0.4 is 9.47 Å². The number of hydrogen-bond acceptors (Lipinski definition) is 5. The molecule has 5 nitrogen and oxygen atoms in total. The minimum atomic E-state index is -0.450. The summed E-state index contributed by atoms with van der Waals surface area (Å²) in [6.07, 6.45) is 1.72. The molecule has 1 saturated heterocycles. The molecule has 0 aromatic heterocycles. The minimum Gasteiger partial charge on any atom is -0.489 e. The quantitative estimate of drug-likeness (QED) is 0.508. The van der Waals surface area contributed by atoms with Gasteiger partial charge in [0.15, 0.2) is 0 Å². The summed E-state index contributed by atoms with van der Waals surface area (Å²) >= 11 is 0. The molecule has 2 aliphatic heterocycles. The standard InChI is InChI=1S/C30H34O5/c1-20-7-10-22(29-16-25(32)15-27(18-31)34-29)14-24(20)13-21-8-11-26(12-9-21)33-19-30(2)17-23-5-3-4-6-28(23)35-30/h3-12,14,25,27,29,31-32H,13,15-19H2,1-2H3/t25-,27-,29+,30?/m0/s1. The number of ether oxygens (including phenoxy) is 3. The van der Waals surface area contributed by atoms with E-state index in [1.54, 1.807) is 0 Å². The number of benzene rings is 3. The highest BCUT2D eigenvalue weighted by molar-refractivity contribution is 5.40. The highest BCUT2D eigenvalue weighted by Gasteiger charge is 2.35. The third-order valence-electron chi connectivity index (χ3n) is 7.08. The number of aliphatic hydroxyl groups is 2. The first-order chi connectivity index (χ1) is 16.9. The SMILES string of the molecule is Cc1ccc([C@H]2C[C@@H](O)C[C@@H](CO)O2)cc1Cc1ccc(OCC2(C)Cc3ccccc3O2)cc1. The molecule has 5 heteroatoms. The van der Waals surface area contributed by atoms with E-state index in [1.807, 2.05) is 30.3 Å². The van der Waals surface area contributed by atoms with E-state index >= 15 is 0 Å². The molecule has 0 amide bonds. The fraction of sp³-hybridized carbons (Fsp3) is 0.400. The zero-order chi connectivity index (χ0) is 24.4. The Morgan fingerprint density at radius 3 is 2.60 bits per heavy atom. The normalized spacial score (nSPS) is 25.7. The van der Waals surface area contributed by atoms with Crippen LogP contribution in [-0.4, -0.2) is 41.2 Å². The van der Waals surface area contributed by atoms with E-state index in [4.69, 9.17) is 14.2 Å². The number of aryl methyl sites for hydroxylation is 1. The molecule has 1 fully saturated rings. The van der Waals surface area contributed by atoms with Crippen molar-refractivity contribution in [3.05, 3.63) is 94.5 Å². The van der Waals surface area contributed by atoms with Gasteiger partial charge in [0.05, 0.1) is 24.9 Å². The van der Waals surface area contributed by atoms with Crippen LogP contribution in [0.15, 0.2) is 66.7 Å². The Morgan fingerprint density at radius 1 is 1.03 bits per heavy atom. The third-order valence-corrected chi connectivity index (χ3v) is 7.08. The molecular formula is C30H34O5. The van der Waals surface area contributed by atoms with Crippen LogP contribution in [0.1, 0.15) is 53.7 Å². The largest absolute Gasteiger partial charge is 0.489 e. The summed E-state index contributed by atoms with van der Waals surface area (Å²) in [5, 5.41) is 19.7. The summed E-state index contributed by atoms with van der Waals surface area (Å²) in [6, 6.07) is 22.8. The molecule has 2 aliphatic rings. The van der Waals surface area contributed by atoms with Gasteiger partial charge in [-0.2, -0.15) is 0 Å². The van der Waals surface area contributed by atoms with Crippen LogP contribution in [0.25, 0.3) is 0 Å². The molecular weight excluding hydrogens is 440 g/mol. The molecule has 5 rings (SSSR count). The average Bonchev–Trinajstić information content (AvgIpc) is 3.21. The highest BCUT2D eigenvalue weighted by atomic mass is 16.5.